The van der Waals surface area contributed by atoms with Crippen LogP contribution in [0.5, 0.6) is 0 Å². The Balaban J connectivity index is 2.60. The van der Waals surface area contributed by atoms with E-state index in [1.54, 1.807) is 4.90 Å². The highest BCUT2D eigenvalue weighted by atomic mass is 127. The molecule has 3 nitrogen and oxygen atoms in total. The van der Waals surface area contributed by atoms with Crippen molar-refractivity contribution in [1.29, 1.82) is 0 Å². The van der Waals surface area contributed by atoms with Gasteiger partial charge in [-0.15, -0.1) is 0 Å². The summed E-state index contributed by atoms with van der Waals surface area (Å²) in [5, 5.41) is 0. The molecule has 1 aromatic rings. The lowest BCUT2D eigenvalue weighted by Gasteiger charge is -2.22. The molecule has 4 heteroatoms. The van der Waals surface area contributed by atoms with Crippen molar-refractivity contribution in [2.75, 3.05) is 13.6 Å². The third-order valence-corrected chi connectivity index (χ3v) is 4.05. The van der Waals surface area contributed by atoms with Crippen LogP contribution in [-0.4, -0.2) is 30.4 Å². The van der Waals surface area contributed by atoms with Gasteiger partial charge in [-0.05, 0) is 47.1 Å². The average Bonchev–Trinajstić information content (AvgIpc) is 2.35. The summed E-state index contributed by atoms with van der Waals surface area (Å²) in [6.45, 7) is 4.91. The van der Waals surface area contributed by atoms with Crippen LogP contribution in [0.2, 0.25) is 0 Å². The molecule has 0 aliphatic heterocycles. The van der Waals surface area contributed by atoms with E-state index in [-0.39, 0.29) is 11.9 Å². The van der Waals surface area contributed by atoms with E-state index in [4.69, 9.17) is 5.73 Å². The summed E-state index contributed by atoms with van der Waals surface area (Å²) in [5.41, 5.74) is 6.76. The van der Waals surface area contributed by atoms with Gasteiger partial charge in [-0.3, -0.25) is 4.79 Å². The average molecular weight is 360 g/mol. The minimum Gasteiger partial charge on any atom is -0.342 e. The van der Waals surface area contributed by atoms with Crippen LogP contribution in [-0.2, 0) is 0 Å². The lowest BCUT2D eigenvalue weighted by molar-refractivity contribution is 0.0788. The lowest BCUT2D eigenvalue weighted by atomic mass is 10.0. The predicted molar refractivity (Wildman–Crippen MR) is 83.5 cm³/mol. The number of rotatable bonds is 5. The number of amides is 1. The monoisotopic (exact) mass is 360 g/mol. The van der Waals surface area contributed by atoms with Crippen LogP contribution < -0.4 is 5.73 Å². The first-order valence-corrected chi connectivity index (χ1v) is 7.27. The SMILES string of the molecule is CC(C)C(N)CCN(C)C(=O)c1ccccc1I. The molecule has 0 fully saturated rings. The fourth-order valence-electron chi connectivity index (χ4n) is 1.62. The van der Waals surface area contributed by atoms with E-state index in [1.807, 2.05) is 31.3 Å². The van der Waals surface area contributed by atoms with Crippen LogP contribution in [0, 0.1) is 9.49 Å². The second-order valence-electron chi connectivity index (χ2n) is 4.90. The zero-order valence-corrected chi connectivity index (χ0v) is 13.3. The Morgan fingerprint density at radius 3 is 2.56 bits per heavy atom. The fourth-order valence-corrected chi connectivity index (χ4v) is 2.24. The van der Waals surface area contributed by atoms with Gasteiger partial charge in [-0.25, -0.2) is 0 Å². The second-order valence-corrected chi connectivity index (χ2v) is 6.07. The molecule has 1 rings (SSSR count). The molecule has 0 bridgehead atoms. The van der Waals surface area contributed by atoms with Crippen LogP contribution in [0.3, 0.4) is 0 Å². The largest absolute Gasteiger partial charge is 0.342 e. The van der Waals surface area contributed by atoms with Crippen LogP contribution in [0.4, 0.5) is 0 Å². The first-order chi connectivity index (χ1) is 8.43. The molecular weight excluding hydrogens is 339 g/mol. The molecule has 1 amide bonds. The molecule has 0 saturated heterocycles. The maximum absolute atomic E-state index is 12.2. The Morgan fingerprint density at radius 2 is 2.00 bits per heavy atom. The van der Waals surface area contributed by atoms with Crippen LogP contribution in [0.1, 0.15) is 30.6 Å². The third kappa shape index (κ3) is 4.24. The van der Waals surface area contributed by atoms with E-state index >= 15 is 0 Å². The summed E-state index contributed by atoms with van der Waals surface area (Å²) in [6.07, 6.45) is 0.837. The highest BCUT2D eigenvalue weighted by Gasteiger charge is 2.16. The molecule has 0 radical (unpaired) electrons. The van der Waals surface area contributed by atoms with Gasteiger partial charge in [0.05, 0.1) is 5.56 Å². The van der Waals surface area contributed by atoms with E-state index in [1.165, 1.54) is 0 Å². The van der Waals surface area contributed by atoms with Crippen molar-refractivity contribution in [3.8, 4) is 0 Å². The fraction of sp³-hybridized carbons (Fsp3) is 0.500. The Labute approximate surface area is 123 Å². The summed E-state index contributed by atoms with van der Waals surface area (Å²) >= 11 is 2.19. The molecule has 18 heavy (non-hydrogen) atoms. The molecule has 1 atom stereocenters. The van der Waals surface area contributed by atoms with Gasteiger partial charge in [0.25, 0.3) is 5.91 Å². The minimum atomic E-state index is 0.0657. The first-order valence-electron chi connectivity index (χ1n) is 6.19. The molecule has 100 valence electrons. The number of nitrogens with zero attached hydrogens (tertiary/aromatic N) is 1. The maximum Gasteiger partial charge on any atom is 0.254 e. The Kier molecular flexibility index (Phi) is 6.08. The third-order valence-electron chi connectivity index (χ3n) is 3.11. The standard InChI is InChI=1S/C14H21IN2O/c1-10(2)13(16)8-9-17(3)14(18)11-6-4-5-7-12(11)15/h4-7,10,13H,8-9,16H2,1-3H3. The number of carbonyl (C=O) groups is 1. The maximum atomic E-state index is 12.2. The Morgan fingerprint density at radius 1 is 1.39 bits per heavy atom. The number of carbonyl (C=O) groups excluding carboxylic acids is 1. The molecule has 0 aliphatic carbocycles. The molecule has 0 aliphatic rings. The Hall–Kier alpha value is -0.620. The number of hydrogen-bond donors (Lipinski definition) is 1. The summed E-state index contributed by atoms with van der Waals surface area (Å²) in [7, 11) is 1.83. The van der Waals surface area contributed by atoms with Crippen molar-refractivity contribution < 1.29 is 4.79 Å². The van der Waals surface area contributed by atoms with Gasteiger partial charge in [0.1, 0.15) is 0 Å². The van der Waals surface area contributed by atoms with Gasteiger partial charge in [-0.2, -0.15) is 0 Å². The van der Waals surface area contributed by atoms with Crippen LogP contribution in [0.25, 0.3) is 0 Å². The zero-order valence-electron chi connectivity index (χ0n) is 11.2. The van der Waals surface area contributed by atoms with E-state index in [9.17, 15) is 4.79 Å². The van der Waals surface area contributed by atoms with Crippen LogP contribution >= 0.6 is 22.6 Å². The minimum absolute atomic E-state index is 0.0657. The topological polar surface area (TPSA) is 46.3 Å². The predicted octanol–water partition coefficient (Wildman–Crippen LogP) is 2.74. The van der Waals surface area contributed by atoms with Gasteiger partial charge in [0.15, 0.2) is 0 Å². The molecule has 0 heterocycles. The summed E-state index contributed by atoms with van der Waals surface area (Å²) in [4.78, 5) is 14.0. The highest BCUT2D eigenvalue weighted by Crippen LogP contribution is 2.14. The number of nitrogens with two attached hydrogens (primary N) is 1. The molecule has 0 spiro atoms. The summed E-state index contributed by atoms with van der Waals surface area (Å²) < 4.78 is 0.986. The molecule has 0 saturated carbocycles. The van der Waals surface area contributed by atoms with Crippen molar-refractivity contribution >= 4 is 28.5 Å². The van der Waals surface area contributed by atoms with Crippen molar-refractivity contribution in [3.63, 3.8) is 0 Å². The lowest BCUT2D eigenvalue weighted by Crippen LogP contribution is -2.34. The van der Waals surface area contributed by atoms with Crippen molar-refractivity contribution in [2.45, 2.75) is 26.3 Å². The summed E-state index contributed by atoms with van der Waals surface area (Å²) in [5.74, 6) is 0.515. The molecular formula is C14H21IN2O. The summed E-state index contributed by atoms with van der Waals surface area (Å²) in [6, 6.07) is 7.79. The molecule has 0 aromatic heterocycles. The normalized spacial score (nSPS) is 12.6. The molecule has 1 unspecified atom stereocenters. The van der Waals surface area contributed by atoms with Crippen LogP contribution in [0.15, 0.2) is 24.3 Å². The quantitative estimate of drug-likeness (QED) is 0.821. The zero-order chi connectivity index (χ0) is 13.7. The smallest absolute Gasteiger partial charge is 0.254 e. The van der Waals surface area contributed by atoms with E-state index in [2.05, 4.69) is 36.4 Å². The van der Waals surface area contributed by atoms with E-state index in [0.29, 0.717) is 12.5 Å². The van der Waals surface area contributed by atoms with Gasteiger partial charge in [-0.1, -0.05) is 26.0 Å². The van der Waals surface area contributed by atoms with E-state index in [0.717, 1.165) is 15.6 Å². The van der Waals surface area contributed by atoms with Crippen molar-refractivity contribution in [2.24, 2.45) is 11.7 Å². The van der Waals surface area contributed by atoms with Gasteiger partial charge in [0.2, 0.25) is 0 Å². The Bertz CT molecular complexity index is 407. The van der Waals surface area contributed by atoms with Gasteiger partial charge >= 0.3 is 0 Å². The van der Waals surface area contributed by atoms with Crippen molar-refractivity contribution in [3.05, 3.63) is 33.4 Å². The molecule has 1 aromatic carbocycles. The number of hydrogen-bond acceptors (Lipinski definition) is 2. The second kappa shape index (κ2) is 7.09. The highest BCUT2D eigenvalue weighted by molar-refractivity contribution is 14.1. The number of benzene rings is 1. The molecule has 2 N–H and O–H groups in total. The van der Waals surface area contributed by atoms with Crippen molar-refractivity contribution in [1.82, 2.24) is 4.90 Å². The number of halogens is 1. The van der Waals surface area contributed by atoms with Gasteiger partial charge < -0.3 is 10.6 Å². The van der Waals surface area contributed by atoms with Gasteiger partial charge in [0, 0.05) is 23.2 Å². The first kappa shape index (κ1) is 15.4. The van der Waals surface area contributed by atoms with E-state index < -0.39 is 0 Å².